The quantitative estimate of drug-likeness (QED) is 0.662. The van der Waals surface area contributed by atoms with Gasteiger partial charge in [0.15, 0.2) is 5.16 Å². The maximum atomic E-state index is 11.9. The number of aromatic nitrogens is 2. The summed E-state index contributed by atoms with van der Waals surface area (Å²) in [5, 5.41) is 5.62. The molecule has 0 atom stereocenters. The fourth-order valence-corrected chi connectivity index (χ4v) is 3.27. The van der Waals surface area contributed by atoms with Gasteiger partial charge in [0.05, 0.1) is 29.6 Å². The van der Waals surface area contributed by atoms with Crippen molar-refractivity contribution < 1.29 is 14.0 Å². The van der Waals surface area contributed by atoms with Crippen molar-refractivity contribution in [3.63, 3.8) is 0 Å². The van der Waals surface area contributed by atoms with Crippen LogP contribution in [0.3, 0.4) is 0 Å². The summed E-state index contributed by atoms with van der Waals surface area (Å²) in [7, 11) is 0. The second-order valence-electron chi connectivity index (χ2n) is 5.23. The highest BCUT2D eigenvalue weighted by atomic mass is 32.2. The van der Waals surface area contributed by atoms with Crippen molar-refractivity contribution in [2.45, 2.75) is 25.2 Å². The van der Waals surface area contributed by atoms with E-state index in [4.69, 9.17) is 4.42 Å². The van der Waals surface area contributed by atoms with E-state index in [1.165, 1.54) is 18.0 Å². The summed E-state index contributed by atoms with van der Waals surface area (Å²) < 4.78 is 7.15. The van der Waals surface area contributed by atoms with Crippen molar-refractivity contribution in [3.8, 4) is 0 Å². The van der Waals surface area contributed by atoms with E-state index in [0.717, 1.165) is 22.7 Å². The van der Waals surface area contributed by atoms with Crippen LogP contribution in [0, 0.1) is 0 Å². The maximum absolute atomic E-state index is 11.9. The summed E-state index contributed by atoms with van der Waals surface area (Å²) >= 11 is 1.30. The Labute approximate surface area is 148 Å². The zero-order valence-electron chi connectivity index (χ0n) is 13.7. The van der Waals surface area contributed by atoms with Gasteiger partial charge >= 0.3 is 6.03 Å². The van der Waals surface area contributed by atoms with Gasteiger partial charge in [0.25, 0.3) is 0 Å². The predicted molar refractivity (Wildman–Crippen MR) is 95.2 cm³/mol. The Morgan fingerprint density at radius 3 is 2.84 bits per heavy atom. The zero-order chi connectivity index (χ0) is 17.6. The number of nitrogens with one attached hydrogen (secondary N) is 2. The summed E-state index contributed by atoms with van der Waals surface area (Å²) in [6.45, 7) is 3.01. The van der Waals surface area contributed by atoms with Gasteiger partial charge in [-0.05, 0) is 31.2 Å². The molecule has 130 valence electrons. The maximum Gasteiger partial charge on any atom is 0.321 e. The molecule has 7 nitrogen and oxygen atoms in total. The van der Waals surface area contributed by atoms with Gasteiger partial charge < -0.3 is 14.3 Å². The molecule has 0 saturated heterocycles. The van der Waals surface area contributed by atoms with E-state index in [-0.39, 0.29) is 18.2 Å². The predicted octanol–water partition coefficient (Wildman–Crippen LogP) is 2.77. The molecular formula is C17H18N4O3S. The van der Waals surface area contributed by atoms with Gasteiger partial charge in [-0.2, -0.15) is 0 Å². The molecule has 0 saturated carbocycles. The Kier molecular flexibility index (Phi) is 5.39. The molecule has 0 unspecified atom stereocenters. The van der Waals surface area contributed by atoms with Crippen LogP contribution >= 0.6 is 11.8 Å². The van der Waals surface area contributed by atoms with E-state index in [0.29, 0.717) is 5.76 Å². The molecule has 3 aromatic rings. The number of fused-ring (bicyclic) bond motifs is 1. The number of thioether (sulfide) groups is 1. The lowest BCUT2D eigenvalue weighted by Gasteiger charge is -2.07. The van der Waals surface area contributed by atoms with Gasteiger partial charge in [-0.15, -0.1) is 0 Å². The fourth-order valence-electron chi connectivity index (χ4n) is 2.39. The van der Waals surface area contributed by atoms with Crippen LogP contribution in [0.4, 0.5) is 4.79 Å². The lowest BCUT2D eigenvalue weighted by atomic mass is 10.3. The monoisotopic (exact) mass is 358 g/mol. The van der Waals surface area contributed by atoms with Gasteiger partial charge in [0.2, 0.25) is 5.91 Å². The number of nitrogens with zero attached hydrogens (tertiary/aromatic N) is 2. The molecule has 8 heteroatoms. The average Bonchev–Trinajstić information content (AvgIpc) is 3.25. The highest BCUT2D eigenvalue weighted by Crippen LogP contribution is 2.23. The second-order valence-corrected chi connectivity index (χ2v) is 6.17. The number of para-hydroxylation sites is 2. The van der Waals surface area contributed by atoms with Crippen LogP contribution in [-0.2, 0) is 17.9 Å². The number of aryl methyl sites for hydroxylation is 1. The molecule has 2 N–H and O–H groups in total. The molecule has 1 aromatic carbocycles. The van der Waals surface area contributed by atoms with Gasteiger partial charge in [-0.1, -0.05) is 23.9 Å². The Morgan fingerprint density at radius 2 is 2.08 bits per heavy atom. The van der Waals surface area contributed by atoms with Crippen molar-refractivity contribution in [2.24, 2.45) is 0 Å². The molecule has 0 aliphatic rings. The first-order chi connectivity index (χ1) is 12.2. The van der Waals surface area contributed by atoms with E-state index in [2.05, 4.69) is 15.6 Å². The molecule has 0 radical (unpaired) electrons. The van der Waals surface area contributed by atoms with Crippen LogP contribution in [-0.4, -0.2) is 27.2 Å². The molecule has 0 bridgehead atoms. The van der Waals surface area contributed by atoms with Crippen molar-refractivity contribution in [3.05, 3.63) is 48.4 Å². The number of furan rings is 1. The number of imide groups is 1. The number of amides is 3. The first-order valence-corrected chi connectivity index (χ1v) is 8.84. The summed E-state index contributed by atoms with van der Waals surface area (Å²) in [4.78, 5) is 28.2. The SMILES string of the molecule is CCn1c(SCC(=O)NC(=O)NCc2ccco2)nc2ccccc21. The third kappa shape index (κ3) is 4.21. The van der Waals surface area contributed by atoms with Gasteiger partial charge in [-0.3, -0.25) is 10.1 Å². The average molecular weight is 358 g/mol. The molecule has 2 aromatic heterocycles. The van der Waals surface area contributed by atoms with E-state index in [9.17, 15) is 9.59 Å². The molecule has 0 fully saturated rings. The lowest BCUT2D eigenvalue weighted by Crippen LogP contribution is -2.39. The van der Waals surface area contributed by atoms with Crippen LogP contribution in [0.25, 0.3) is 11.0 Å². The molecule has 3 amide bonds. The molecule has 0 aliphatic carbocycles. The van der Waals surface area contributed by atoms with Crippen molar-refractivity contribution in [1.82, 2.24) is 20.2 Å². The first-order valence-electron chi connectivity index (χ1n) is 7.85. The molecule has 25 heavy (non-hydrogen) atoms. The normalized spacial score (nSPS) is 10.8. The lowest BCUT2D eigenvalue weighted by molar-refractivity contribution is -0.117. The van der Waals surface area contributed by atoms with Gasteiger partial charge in [0, 0.05) is 6.54 Å². The highest BCUT2D eigenvalue weighted by molar-refractivity contribution is 7.99. The third-order valence-electron chi connectivity index (χ3n) is 3.52. The molecule has 2 heterocycles. The number of benzene rings is 1. The van der Waals surface area contributed by atoms with Crippen LogP contribution < -0.4 is 10.6 Å². The highest BCUT2D eigenvalue weighted by Gasteiger charge is 2.13. The van der Waals surface area contributed by atoms with E-state index < -0.39 is 6.03 Å². The first kappa shape index (κ1) is 17.1. The van der Waals surface area contributed by atoms with E-state index in [1.54, 1.807) is 12.1 Å². The second kappa shape index (κ2) is 7.89. The number of carbonyl (C=O) groups excluding carboxylic acids is 2. The largest absolute Gasteiger partial charge is 0.467 e. The minimum absolute atomic E-state index is 0.109. The summed E-state index contributed by atoms with van der Waals surface area (Å²) in [5.74, 6) is 0.350. The van der Waals surface area contributed by atoms with Crippen molar-refractivity contribution in [1.29, 1.82) is 0 Å². The minimum atomic E-state index is -0.550. The molecule has 0 aliphatic heterocycles. The topological polar surface area (TPSA) is 89.2 Å². The standard InChI is InChI=1S/C17H18N4O3S/c1-2-21-14-8-4-3-7-13(14)19-17(21)25-11-15(22)20-16(23)18-10-12-6-5-9-24-12/h3-9H,2,10-11H2,1H3,(H2,18,20,22,23). The minimum Gasteiger partial charge on any atom is -0.467 e. The Bertz CT molecular complexity index is 873. The molecule has 0 spiro atoms. The number of urea groups is 1. The van der Waals surface area contributed by atoms with Crippen LogP contribution in [0.2, 0.25) is 0 Å². The van der Waals surface area contributed by atoms with Gasteiger partial charge in [-0.25, -0.2) is 9.78 Å². The number of imidazole rings is 1. The van der Waals surface area contributed by atoms with Crippen molar-refractivity contribution >= 4 is 34.7 Å². The van der Waals surface area contributed by atoms with E-state index in [1.807, 2.05) is 35.8 Å². The zero-order valence-corrected chi connectivity index (χ0v) is 14.5. The molecular weight excluding hydrogens is 340 g/mol. The Hall–Kier alpha value is -2.74. The Balaban J connectivity index is 1.52. The Morgan fingerprint density at radius 1 is 1.24 bits per heavy atom. The van der Waals surface area contributed by atoms with E-state index >= 15 is 0 Å². The van der Waals surface area contributed by atoms with Crippen LogP contribution in [0.1, 0.15) is 12.7 Å². The third-order valence-corrected chi connectivity index (χ3v) is 4.50. The summed E-state index contributed by atoms with van der Waals surface area (Å²) in [6.07, 6.45) is 1.52. The summed E-state index contributed by atoms with van der Waals surface area (Å²) in [6, 6.07) is 10.8. The number of hydrogen-bond acceptors (Lipinski definition) is 5. The number of hydrogen-bond donors (Lipinski definition) is 2. The van der Waals surface area contributed by atoms with Crippen LogP contribution in [0.15, 0.2) is 52.2 Å². The summed E-state index contributed by atoms with van der Waals surface area (Å²) in [5.41, 5.74) is 1.92. The van der Waals surface area contributed by atoms with Crippen molar-refractivity contribution in [2.75, 3.05) is 5.75 Å². The number of rotatable bonds is 6. The smallest absolute Gasteiger partial charge is 0.321 e. The van der Waals surface area contributed by atoms with Gasteiger partial charge in [0.1, 0.15) is 5.76 Å². The molecule has 3 rings (SSSR count). The number of carbonyl (C=O) groups is 2. The fraction of sp³-hybridized carbons (Fsp3) is 0.235. The van der Waals surface area contributed by atoms with Crippen LogP contribution in [0.5, 0.6) is 0 Å².